The predicted molar refractivity (Wildman–Crippen MR) is 73.9 cm³/mol. The molecule has 0 fully saturated rings. The first-order valence-corrected chi connectivity index (χ1v) is 6.21. The highest BCUT2D eigenvalue weighted by atomic mass is 16.2. The van der Waals surface area contributed by atoms with Crippen LogP contribution in [0.15, 0.2) is 30.5 Å². The maximum absolute atomic E-state index is 11.9. The van der Waals surface area contributed by atoms with Gasteiger partial charge in [0.25, 0.3) is 5.91 Å². The van der Waals surface area contributed by atoms with E-state index in [2.05, 4.69) is 15.6 Å². The van der Waals surface area contributed by atoms with E-state index in [9.17, 15) is 9.59 Å². The van der Waals surface area contributed by atoms with E-state index in [1.54, 1.807) is 12.1 Å². The number of aromatic nitrogens is 1. The van der Waals surface area contributed by atoms with Crippen LogP contribution in [-0.2, 0) is 4.79 Å². The van der Waals surface area contributed by atoms with E-state index in [0.29, 0.717) is 5.56 Å². The van der Waals surface area contributed by atoms with Crippen LogP contribution in [0.25, 0.3) is 10.9 Å². The molecule has 2 amide bonds. The van der Waals surface area contributed by atoms with Crippen LogP contribution < -0.4 is 10.6 Å². The lowest BCUT2D eigenvalue weighted by Gasteiger charge is -2.09. The third-order valence-electron chi connectivity index (χ3n) is 2.68. The average Bonchev–Trinajstić information content (AvgIpc) is 2.82. The van der Waals surface area contributed by atoms with Gasteiger partial charge >= 0.3 is 0 Å². The molecule has 0 aliphatic heterocycles. The Labute approximate surface area is 111 Å². The standard InChI is InChI=1S/C14H17N3O2/c1-9(2)17-13(18)8-16-14(19)11-4-3-10-5-6-15-12(10)7-11/h3-7,9,15H,8H2,1-2H3,(H,16,19)(H,17,18). The van der Waals surface area contributed by atoms with E-state index in [-0.39, 0.29) is 24.4 Å². The first-order valence-electron chi connectivity index (χ1n) is 6.21. The highest BCUT2D eigenvalue weighted by Gasteiger charge is 2.09. The highest BCUT2D eigenvalue weighted by Crippen LogP contribution is 2.13. The van der Waals surface area contributed by atoms with Crippen molar-refractivity contribution in [3.05, 3.63) is 36.0 Å². The lowest BCUT2D eigenvalue weighted by Crippen LogP contribution is -2.39. The zero-order valence-electron chi connectivity index (χ0n) is 11.0. The number of H-pyrrole nitrogens is 1. The van der Waals surface area contributed by atoms with Crippen molar-refractivity contribution in [2.24, 2.45) is 0 Å². The molecule has 0 unspecified atom stereocenters. The summed E-state index contributed by atoms with van der Waals surface area (Å²) in [5.74, 6) is -0.445. The molecule has 0 aliphatic carbocycles. The summed E-state index contributed by atoms with van der Waals surface area (Å²) in [6.45, 7) is 3.73. The van der Waals surface area contributed by atoms with Crippen LogP contribution in [0.1, 0.15) is 24.2 Å². The second kappa shape index (κ2) is 5.56. The molecule has 5 heteroatoms. The molecular formula is C14H17N3O2. The Morgan fingerprint density at radius 3 is 2.79 bits per heavy atom. The first-order chi connectivity index (χ1) is 9.06. The molecule has 0 spiro atoms. The maximum Gasteiger partial charge on any atom is 0.251 e. The third-order valence-corrected chi connectivity index (χ3v) is 2.68. The van der Waals surface area contributed by atoms with E-state index >= 15 is 0 Å². The highest BCUT2D eigenvalue weighted by molar-refractivity contribution is 5.99. The van der Waals surface area contributed by atoms with E-state index in [1.807, 2.05) is 32.2 Å². The molecule has 0 radical (unpaired) electrons. The molecule has 19 heavy (non-hydrogen) atoms. The number of nitrogens with one attached hydrogen (secondary N) is 3. The van der Waals surface area contributed by atoms with Gasteiger partial charge < -0.3 is 15.6 Å². The van der Waals surface area contributed by atoms with Crippen molar-refractivity contribution < 1.29 is 9.59 Å². The Morgan fingerprint density at radius 1 is 1.26 bits per heavy atom. The molecule has 5 nitrogen and oxygen atoms in total. The smallest absolute Gasteiger partial charge is 0.251 e. The number of rotatable bonds is 4. The van der Waals surface area contributed by atoms with Crippen LogP contribution in [0.3, 0.4) is 0 Å². The van der Waals surface area contributed by atoms with E-state index in [0.717, 1.165) is 10.9 Å². The fourth-order valence-electron chi connectivity index (χ4n) is 1.82. The second-order valence-electron chi connectivity index (χ2n) is 4.68. The summed E-state index contributed by atoms with van der Waals surface area (Å²) in [5.41, 5.74) is 1.44. The minimum Gasteiger partial charge on any atom is -0.361 e. The number of carbonyl (C=O) groups excluding carboxylic acids is 2. The molecule has 0 bridgehead atoms. The van der Waals surface area contributed by atoms with Crippen molar-refractivity contribution in [3.8, 4) is 0 Å². The van der Waals surface area contributed by atoms with Crippen molar-refractivity contribution in [1.29, 1.82) is 0 Å². The normalized spacial score (nSPS) is 10.7. The summed E-state index contributed by atoms with van der Waals surface area (Å²) < 4.78 is 0. The summed E-state index contributed by atoms with van der Waals surface area (Å²) in [5, 5.41) is 6.36. The molecule has 0 saturated heterocycles. The number of benzene rings is 1. The molecule has 1 aromatic carbocycles. The maximum atomic E-state index is 11.9. The Hall–Kier alpha value is -2.30. The molecule has 2 aromatic rings. The largest absolute Gasteiger partial charge is 0.361 e. The van der Waals surface area contributed by atoms with Crippen LogP contribution in [0.4, 0.5) is 0 Å². The minimum atomic E-state index is -0.254. The monoisotopic (exact) mass is 259 g/mol. The molecular weight excluding hydrogens is 242 g/mol. The zero-order valence-corrected chi connectivity index (χ0v) is 11.0. The molecule has 1 aromatic heterocycles. The number of hydrogen-bond acceptors (Lipinski definition) is 2. The van der Waals surface area contributed by atoms with Gasteiger partial charge in [0.1, 0.15) is 0 Å². The number of fused-ring (bicyclic) bond motifs is 1. The van der Waals surface area contributed by atoms with Gasteiger partial charge in [-0.15, -0.1) is 0 Å². The molecule has 1 heterocycles. The Balaban J connectivity index is 1.97. The van der Waals surface area contributed by atoms with Gasteiger partial charge in [0.05, 0.1) is 6.54 Å². The Morgan fingerprint density at radius 2 is 2.05 bits per heavy atom. The van der Waals surface area contributed by atoms with Crippen LogP contribution in [0.5, 0.6) is 0 Å². The second-order valence-corrected chi connectivity index (χ2v) is 4.68. The first kappa shape index (κ1) is 13.1. The topological polar surface area (TPSA) is 74.0 Å². The van der Waals surface area contributed by atoms with E-state index in [1.165, 1.54) is 0 Å². The fourth-order valence-corrected chi connectivity index (χ4v) is 1.82. The van der Waals surface area contributed by atoms with Crippen molar-refractivity contribution in [2.45, 2.75) is 19.9 Å². The lowest BCUT2D eigenvalue weighted by molar-refractivity contribution is -0.120. The van der Waals surface area contributed by atoms with Crippen molar-refractivity contribution >= 4 is 22.7 Å². The number of amides is 2. The third kappa shape index (κ3) is 3.34. The predicted octanol–water partition coefficient (Wildman–Crippen LogP) is 1.42. The summed E-state index contributed by atoms with van der Waals surface area (Å²) in [4.78, 5) is 26.4. The minimum absolute atomic E-state index is 0.0141. The van der Waals surface area contributed by atoms with Gasteiger partial charge in [0.15, 0.2) is 0 Å². The molecule has 100 valence electrons. The van der Waals surface area contributed by atoms with Crippen LogP contribution in [0.2, 0.25) is 0 Å². The number of carbonyl (C=O) groups is 2. The number of hydrogen-bond donors (Lipinski definition) is 3. The number of aromatic amines is 1. The van der Waals surface area contributed by atoms with Crippen LogP contribution in [0, 0.1) is 0 Å². The molecule has 0 atom stereocenters. The van der Waals surface area contributed by atoms with E-state index < -0.39 is 0 Å². The van der Waals surface area contributed by atoms with Crippen molar-refractivity contribution in [2.75, 3.05) is 6.54 Å². The van der Waals surface area contributed by atoms with Gasteiger partial charge in [-0.2, -0.15) is 0 Å². The van der Waals surface area contributed by atoms with Gasteiger partial charge in [-0.25, -0.2) is 0 Å². The summed E-state index contributed by atoms with van der Waals surface area (Å²) >= 11 is 0. The molecule has 0 saturated carbocycles. The lowest BCUT2D eigenvalue weighted by atomic mass is 10.1. The van der Waals surface area contributed by atoms with Crippen molar-refractivity contribution in [1.82, 2.24) is 15.6 Å². The van der Waals surface area contributed by atoms with Crippen LogP contribution >= 0.6 is 0 Å². The quantitative estimate of drug-likeness (QED) is 0.777. The Kier molecular flexibility index (Phi) is 3.85. The summed E-state index contributed by atoms with van der Waals surface area (Å²) in [6, 6.07) is 7.39. The van der Waals surface area contributed by atoms with Crippen molar-refractivity contribution in [3.63, 3.8) is 0 Å². The van der Waals surface area contributed by atoms with Gasteiger partial charge in [-0.1, -0.05) is 6.07 Å². The van der Waals surface area contributed by atoms with Crippen LogP contribution in [-0.4, -0.2) is 29.4 Å². The molecule has 3 N–H and O–H groups in total. The van der Waals surface area contributed by atoms with Gasteiger partial charge in [-0.05, 0) is 37.4 Å². The van der Waals surface area contributed by atoms with Gasteiger partial charge in [0.2, 0.25) is 5.91 Å². The SMILES string of the molecule is CC(C)NC(=O)CNC(=O)c1ccc2cc[nH]c2c1. The Bertz CT molecular complexity index is 602. The van der Waals surface area contributed by atoms with E-state index in [4.69, 9.17) is 0 Å². The fraction of sp³-hybridized carbons (Fsp3) is 0.286. The summed E-state index contributed by atoms with van der Waals surface area (Å²) in [7, 11) is 0. The van der Waals surface area contributed by atoms with Gasteiger partial charge in [-0.3, -0.25) is 9.59 Å². The van der Waals surface area contributed by atoms with Gasteiger partial charge in [0, 0.05) is 23.3 Å². The zero-order chi connectivity index (χ0) is 13.8. The summed E-state index contributed by atoms with van der Waals surface area (Å²) in [6.07, 6.45) is 1.82. The molecule has 2 rings (SSSR count). The molecule has 0 aliphatic rings. The average molecular weight is 259 g/mol.